The summed E-state index contributed by atoms with van der Waals surface area (Å²) in [5.41, 5.74) is 6.74. The number of aryl methyl sites for hydroxylation is 1. The molecule has 26 heavy (non-hydrogen) atoms. The molecule has 1 heterocycles. The fraction of sp³-hybridized carbons (Fsp3) is 0.0952. The third kappa shape index (κ3) is 2.84. The number of rotatable bonds is 3. The Morgan fingerprint density at radius 3 is 2.50 bits per heavy atom. The van der Waals surface area contributed by atoms with Crippen LogP contribution in [0.5, 0.6) is 0 Å². The van der Waals surface area contributed by atoms with E-state index in [2.05, 4.69) is 15.5 Å². The molecule has 0 aliphatic carbocycles. The molecule has 1 N–H and O–H groups in total. The van der Waals surface area contributed by atoms with Crippen molar-refractivity contribution in [3.05, 3.63) is 66.2 Å². The summed E-state index contributed by atoms with van der Waals surface area (Å²) in [6.07, 6.45) is 1.65. The molecule has 0 atom stereocenters. The van der Waals surface area contributed by atoms with Crippen molar-refractivity contribution < 1.29 is 4.79 Å². The van der Waals surface area contributed by atoms with E-state index in [9.17, 15) is 4.79 Å². The zero-order valence-electron chi connectivity index (χ0n) is 14.6. The Kier molecular flexibility index (Phi) is 3.97. The lowest BCUT2D eigenvalue weighted by Gasteiger charge is -2.25. The van der Waals surface area contributed by atoms with Gasteiger partial charge in [0.25, 0.3) is 0 Å². The number of Topliss-reactive ketones (excluding diaryl/α,β-unsaturated/α-hetero) is 1. The Balaban J connectivity index is 1.75. The van der Waals surface area contributed by atoms with Crippen LogP contribution >= 0.6 is 0 Å². The lowest BCUT2D eigenvalue weighted by molar-refractivity contribution is -0.111. The maximum absolute atomic E-state index is 12.3. The highest BCUT2D eigenvalue weighted by Crippen LogP contribution is 2.37. The highest BCUT2D eigenvalue weighted by molar-refractivity contribution is 6.47. The van der Waals surface area contributed by atoms with Crippen LogP contribution in [0.2, 0.25) is 0 Å². The number of hydrazone groups is 1. The molecule has 0 saturated carbocycles. The number of benzene rings is 3. The molecule has 1 aliphatic rings. The molecular formula is C21H18N4O. The Hall–Kier alpha value is -3.47. The number of amidine groups is 1. The molecule has 5 nitrogen and oxygen atoms in total. The number of nitrogens with zero attached hydrogens (tertiary/aromatic N) is 3. The highest BCUT2D eigenvalue weighted by atomic mass is 16.1. The van der Waals surface area contributed by atoms with E-state index in [1.165, 1.54) is 6.92 Å². The second-order valence-electron chi connectivity index (χ2n) is 6.24. The average molecular weight is 342 g/mol. The fourth-order valence-corrected chi connectivity index (χ4v) is 3.01. The summed E-state index contributed by atoms with van der Waals surface area (Å²) >= 11 is 0. The normalized spacial score (nSPS) is 13.2. The highest BCUT2D eigenvalue weighted by Gasteiger charge is 2.22. The molecule has 0 radical (unpaired) electrons. The number of anilines is 2. The van der Waals surface area contributed by atoms with Gasteiger partial charge in [0.15, 0.2) is 5.78 Å². The molecule has 5 heteroatoms. The van der Waals surface area contributed by atoms with Crippen LogP contribution in [0.4, 0.5) is 17.1 Å². The Morgan fingerprint density at radius 1 is 1.04 bits per heavy atom. The van der Waals surface area contributed by atoms with Gasteiger partial charge in [0, 0.05) is 12.3 Å². The first-order valence-electron chi connectivity index (χ1n) is 8.40. The molecule has 1 aliphatic heterocycles. The second-order valence-corrected chi connectivity index (χ2v) is 6.24. The molecule has 3 aromatic rings. The number of nitrogens with one attached hydrogen (secondary N) is 1. The topological polar surface area (TPSA) is 57.1 Å². The van der Waals surface area contributed by atoms with Gasteiger partial charge in [-0.25, -0.2) is 4.99 Å². The van der Waals surface area contributed by atoms with Crippen LogP contribution in [0, 0.1) is 6.92 Å². The van der Waals surface area contributed by atoms with Gasteiger partial charge in [-0.2, -0.15) is 5.10 Å². The fourth-order valence-electron chi connectivity index (χ4n) is 3.01. The summed E-state index contributed by atoms with van der Waals surface area (Å²) in [7, 11) is 0. The summed E-state index contributed by atoms with van der Waals surface area (Å²) in [4.78, 5) is 18.5. The molecule has 0 spiro atoms. The molecule has 0 bridgehead atoms. The average Bonchev–Trinajstić information content (AvgIpc) is 2.65. The number of carbonyl (C=O) groups is 1. The maximum atomic E-state index is 12.3. The minimum absolute atomic E-state index is 0.146. The SMILES string of the molecule is CC(=O)/C(=N\Nc1ccc(C)cc1)N1C=Nc2cccc3cccc1c23. The van der Waals surface area contributed by atoms with Crippen molar-refractivity contribution >= 4 is 45.8 Å². The van der Waals surface area contributed by atoms with Gasteiger partial charge in [-0.15, -0.1) is 0 Å². The molecule has 0 aromatic heterocycles. The first-order chi connectivity index (χ1) is 12.6. The van der Waals surface area contributed by atoms with Crippen LogP contribution in [0.25, 0.3) is 10.8 Å². The summed E-state index contributed by atoms with van der Waals surface area (Å²) in [6.45, 7) is 3.53. The predicted octanol–water partition coefficient (Wildman–Crippen LogP) is 4.64. The van der Waals surface area contributed by atoms with E-state index < -0.39 is 0 Å². The lowest BCUT2D eigenvalue weighted by Crippen LogP contribution is -2.36. The van der Waals surface area contributed by atoms with Gasteiger partial charge in [0.1, 0.15) is 6.34 Å². The van der Waals surface area contributed by atoms with Crippen LogP contribution in [0.15, 0.2) is 70.8 Å². The largest absolute Gasteiger partial charge is 0.291 e. The number of aliphatic imine (C=N–C) groups is 1. The monoisotopic (exact) mass is 342 g/mol. The molecule has 0 unspecified atom stereocenters. The van der Waals surface area contributed by atoms with Gasteiger partial charge in [-0.1, -0.05) is 42.0 Å². The Bertz CT molecular complexity index is 1050. The number of hydrogen-bond acceptors (Lipinski definition) is 4. The minimum Gasteiger partial charge on any atom is -0.291 e. The van der Waals surface area contributed by atoms with E-state index in [1.807, 2.05) is 67.6 Å². The third-order valence-electron chi connectivity index (χ3n) is 4.32. The first kappa shape index (κ1) is 16.0. The van der Waals surface area contributed by atoms with Crippen molar-refractivity contribution in [2.45, 2.75) is 13.8 Å². The molecule has 4 rings (SSSR count). The van der Waals surface area contributed by atoms with E-state index in [0.717, 1.165) is 33.4 Å². The van der Waals surface area contributed by atoms with E-state index in [1.54, 1.807) is 11.2 Å². The summed E-state index contributed by atoms with van der Waals surface area (Å²) in [6, 6.07) is 19.8. The maximum Gasteiger partial charge on any atom is 0.201 e. The van der Waals surface area contributed by atoms with Gasteiger partial charge >= 0.3 is 0 Å². The summed E-state index contributed by atoms with van der Waals surface area (Å²) in [5.74, 6) is 0.142. The standard InChI is InChI=1S/C21H18N4O/c1-14-9-11-17(12-10-14)23-24-21(15(2)26)25-13-22-18-7-3-5-16-6-4-8-19(25)20(16)18/h3-13,23H,1-2H3/b24-21+. The quantitative estimate of drug-likeness (QED) is 0.428. The smallest absolute Gasteiger partial charge is 0.201 e. The van der Waals surface area contributed by atoms with E-state index in [-0.39, 0.29) is 11.6 Å². The molecule has 3 aromatic carbocycles. The zero-order chi connectivity index (χ0) is 18.1. The van der Waals surface area contributed by atoms with Crippen LogP contribution in [-0.2, 0) is 4.79 Å². The number of hydrogen-bond donors (Lipinski definition) is 1. The van der Waals surface area contributed by atoms with E-state index in [4.69, 9.17) is 0 Å². The van der Waals surface area contributed by atoms with Crippen molar-refractivity contribution in [2.24, 2.45) is 10.1 Å². The van der Waals surface area contributed by atoms with Gasteiger partial charge in [-0.05, 0) is 36.6 Å². The van der Waals surface area contributed by atoms with Gasteiger partial charge in [0.2, 0.25) is 5.84 Å². The third-order valence-corrected chi connectivity index (χ3v) is 4.32. The van der Waals surface area contributed by atoms with E-state index >= 15 is 0 Å². The van der Waals surface area contributed by atoms with Crippen LogP contribution in [-0.4, -0.2) is 18.0 Å². The van der Waals surface area contributed by atoms with Crippen LogP contribution in [0.1, 0.15) is 12.5 Å². The van der Waals surface area contributed by atoms with Crippen molar-refractivity contribution in [2.75, 3.05) is 10.3 Å². The zero-order valence-corrected chi connectivity index (χ0v) is 14.6. The van der Waals surface area contributed by atoms with Gasteiger partial charge in [0.05, 0.1) is 17.1 Å². The van der Waals surface area contributed by atoms with Crippen LogP contribution < -0.4 is 10.3 Å². The molecule has 0 amide bonds. The molecule has 0 fully saturated rings. The van der Waals surface area contributed by atoms with E-state index in [0.29, 0.717) is 0 Å². The molecular weight excluding hydrogens is 324 g/mol. The van der Waals surface area contributed by atoms with Crippen molar-refractivity contribution in [1.29, 1.82) is 0 Å². The summed E-state index contributed by atoms with van der Waals surface area (Å²) < 4.78 is 0. The van der Waals surface area contributed by atoms with Crippen LogP contribution in [0.3, 0.4) is 0 Å². The first-order valence-corrected chi connectivity index (χ1v) is 8.40. The van der Waals surface area contributed by atoms with Crippen molar-refractivity contribution in [1.82, 2.24) is 0 Å². The molecule has 128 valence electrons. The van der Waals surface area contributed by atoms with Gasteiger partial charge < -0.3 is 0 Å². The van der Waals surface area contributed by atoms with Gasteiger partial charge in [-0.3, -0.25) is 15.1 Å². The minimum atomic E-state index is -0.146. The Labute approximate surface area is 151 Å². The molecule has 0 saturated heterocycles. The van der Waals surface area contributed by atoms with Crippen molar-refractivity contribution in [3.63, 3.8) is 0 Å². The summed E-state index contributed by atoms with van der Waals surface area (Å²) in [5, 5.41) is 6.45. The lowest BCUT2D eigenvalue weighted by atomic mass is 10.0. The predicted molar refractivity (Wildman–Crippen MR) is 107 cm³/mol. The number of carbonyl (C=O) groups excluding carboxylic acids is 1. The second kappa shape index (κ2) is 6.44. The number of ketones is 1. The van der Waals surface area contributed by atoms with Crippen molar-refractivity contribution in [3.8, 4) is 0 Å². The Morgan fingerprint density at radius 2 is 1.77 bits per heavy atom.